The zero-order chi connectivity index (χ0) is 14.5. The van der Waals surface area contributed by atoms with E-state index in [0.29, 0.717) is 0 Å². The van der Waals surface area contributed by atoms with Crippen molar-refractivity contribution in [3.05, 3.63) is 0 Å². The summed E-state index contributed by atoms with van der Waals surface area (Å²) in [5, 5.41) is 18.9. The summed E-state index contributed by atoms with van der Waals surface area (Å²) < 4.78 is 26.7. The van der Waals surface area contributed by atoms with Crippen LogP contribution in [0.4, 0.5) is 8.78 Å². The first kappa shape index (κ1) is 17.4. The topological polar surface area (TPSA) is 57.5 Å². The molecular weight excluding hydrogens is 242 g/mol. The second-order valence-electron chi connectivity index (χ2n) is 5.46. The van der Waals surface area contributed by atoms with E-state index in [0.717, 1.165) is 0 Å². The van der Waals surface area contributed by atoms with Crippen LogP contribution in [0.1, 0.15) is 40.5 Å². The molecule has 3 nitrogen and oxygen atoms in total. The monoisotopic (exact) mass is 266 g/mol. The highest BCUT2D eigenvalue weighted by molar-refractivity contribution is 5.79. The van der Waals surface area contributed by atoms with Gasteiger partial charge in [0.25, 0.3) is 0 Å². The molecule has 0 aliphatic heterocycles. The summed E-state index contributed by atoms with van der Waals surface area (Å²) in [6, 6.07) is 0. The van der Waals surface area contributed by atoms with Gasteiger partial charge in [0.1, 0.15) is 18.1 Å². The second-order valence-corrected chi connectivity index (χ2v) is 5.46. The Morgan fingerprint density at radius 2 is 1.17 bits per heavy atom. The van der Waals surface area contributed by atoms with Gasteiger partial charge in [-0.15, -0.1) is 0 Å². The van der Waals surface area contributed by atoms with Crippen LogP contribution in [0.5, 0.6) is 0 Å². The minimum atomic E-state index is -1.49. The van der Waals surface area contributed by atoms with Crippen molar-refractivity contribution >= 4 is 5.78 Å². The van der Waals surface area contributed by atoms with E-state index < -0.39 is 30.3 Å². The molecule has 0 aliphatic carbocycles. The van der Waals surface area contributed by atoms with Crippen LogP contribution in [0.15, 0.2) is 0 Å². The molecule has 0 bridgehead atoms. The number of hydrogen-bond acceptors (Lipinski definition) is 3. The van der Waals surface area contributed by atoms with E-state index in [9.17, 15) is 23.8 Å². The maximum atomic E-state index is 13.4. The van der Waals surface area contributed by atoms with Crippen LogP contribution in [0.25, 0.3) is 0 Å². The fourth-order valence-electron chi connectivity index (χ4n) is 1.66. The molecule has 4 atom stereocenters. The maximum Gasteiger partial charge on any atom is 0.138 e. The predicted molar refractivity (Wildman–Crippen MR) is 65.7 cm³/mol. The first-order valence-electron chi connectivity index (χ1n) is 6.32. The molecule has 0 aliphatic rings. The lowest BCUT2D eigenvalue weighted by Crippen LogP contribution is -2.33. The Labute approximate surface area is 107 Å². The summed E-state index contributed by atoms with van der Waals surface area (Å²) in [5.41, 5.74) is 0. The number of halogens is 2. The molecule has 0 rings (SSSR count). The minimum absolute atomic E-state index is 0.387. The zero-order valence-corrected chi connectivity index (χ0v) is 11.4. The van der Waals surface area contributed by atoms with Crippen molar-refractivity contribution < 1.29 is 23.8 Å². The average molecular weight is 266 g/mol. The van der Waals surface area contributed by atoms with E-state index in [1.54, 1.807) is 27.7 Å². The number of alkyl halides is 2. The highest BCUT2D eigenvalue weighted by Crippen LogP contribution is 2.17. The van der Waals surface area contributed by atoms with Crippen LogP contribution in [-0.4, -0.2) is 40.5 Å². The van der Waals surface area contributed by atoms with Gasteiger partial charge < -0.3 is 10.2 Å². The zero-order valence-electron chi connectivity index (χ0n) is 11.4. The van der Waals surface area contributed by atoms with Crippen LogP contribution in [0, 0.1) is 11.8 Å². The number of aliphatic hydroxyl groups is 2. The third-order valence-electron chi connectivity index (χ3n) is 2.88. The van der Waals surface area contributed by atoms with Crippen molar-refractivity contribution in [3.8, 4) is 0 Å². The molecular formula is C13H24F2O3. The fraction of sp³-hybridized carbons (Fsp3) is 0.923. The Morgan fingerprint density at radius 1 is 0.889 bits per heavy atom. The third-order valence-corrected chi connectivity index (χ3v) is 2.88. The largest absolute Gasteiger partial charge is 0.390 e. The number of ketones is 1. The van der Waals surface area contributed by atoms with Gasteiger partial charge in [-0.25, -0.2) is 8.78 Å². The number of carbonyl (C=O) groups excluding carboxylic acids is 1. The van der Waals surface area contributed by atoms with Crippen molar-refractivity contribution in [3.63, 3.8) is 0 Å². The lowest BCUT2D eigenvalue weighted by atomic mass is 9.95. The van der Waals surface area contributed by atoms with Gasteiger partial charge in [-0.1, -0.05) is 27.7 Å². The predicted octanol–water partition coefficient (Wildman–Crippen LogP) is 2.05. The highest BCUT2D eigenvalue weighted by Gasteiger charge is 2.28. The number of carbonyl (C=O) groups is 1. The Hall–Kier alpha value is -0.550. The molecule has 108 valence electrons. The standard InChI is InChI=1S/C13H24F2O3/c1-7(2)12(14)10(17)5-9(16)6-11(18)13(15)8(3)4/h7-8,10-13,17-18H,5-6H2,1-4H3/t10-,11-,12-,13+/m1/s1. The quantitative estimate of drug-likeness (QED) is 0.707. The van der Waals surface area contributed by atoms with Crippen LogP contribution in [0.2, 0.25) is 0 Å². The third kappa shape index (κ3) is 5.87. The van der Waals surface area contributed by atoms with E-state index in [1.165, 1.54) is 0 Å². The van der Waals surface area contributed by atoms with E-state index >= 15 is 0 Å². The lowest BCUT2D eigenvalue weighted by molar-refractivity contribution is -0.125. The SMILES string of the molecule is CC(C)[C@@H](F)[C@H](O)CC(=O)C[C@@H](O)[C@@H](F)C(C)C. The Balaban J connectivity index is 4.19. The molecule has 0 heterocycles. The van der Waals surface area contributed by atoms with E-state index in [4.69, 9.17) is 0 Å². The fourth-order valence-corrected chi connectivity index (χ4v) is 1.66. The molecule has 0 radical (unpaired) electrons. The molecule has 5 heteroatoms. The van der Waals surface area contributed by atoms with Gasteiger partial charge in [-0.05, 0) is 11.8 Å². The van der Waals surface area contributed by atoms with Gasteiger partial charge >= 0.3 is 0 Å². The summed E-state index contributed by atoms with van der Waals surface area (Å²) in [6.45, 7) is 6.40. The number of aliphatic hydroxyl groups excluding tert-OH is 2. The first-order valence-corrected chi connectivity index (χ1v) is 6.32. The molecule has 0 fully saturated rings. The summed E-state index contributed by atoms with van der Waals surface area (Å²) >= 11 is 0. The van der Waals surface area contributed by atoms with Gasteiger partial charge in [0.2, 0.25) is 0 Å². The summed E-state index contributed by atoms with van der Waals surface area (Å²) in [7, 11) is 0. The Kier molecular flexibility index (Phi) is 7.55. The summed E-state index contributed by atoms with van der Waals surface area (Å²) in [6.07, 6.45) is -6.53. The molecule has 0 unspecified atom stereocenters. The molecule has 0 saturated heterocycles. The summed E-state index contributed by atoms with van der Waals surface area (Å²) in [4.78, 5) is 11.5. The smallest absolute Gasteiger partial charge is 0.138 e. The maximum absolute atomic E-state index is 13.4. The first-order chi connectivity index (χ1) is 8.16. The van der Waals surface area contributed by atoms with Crippen molar-refractivity contribution in [1.29, 1.82) is 0 Å². The van der Waals surface area contributed by atoms with Gasteiger partial charge in [0.15, 0.2) is 0 Å². The highest BCUT2D eigenvalue weighted by atomic mass is 19.1. The lowest BCUT2D eigenvalue weighted by Gasteiger charge is -2.21. The normalized spacial score (nSPS) is 18.8. The van der Waals surface area contributed by atoms with Crippen molar-refractivity contribution in [2.24, 2.45) is 11.8 Å². The van der Waals surface area contributed by atoms with Crippen LogP contribution in [-0.2, 0) is 4.79 Å². The molecule has 0 spiro atoms. The van der Waals surface area contributed by atoms with E-state index in [2.05, 4.69) is 0 Å². The average Bonchev–Trinajstić information content (AvgIpc) is 2.25. The molecule has 0 aromatic rings. The second kappa shape index (κ2) is 7.79. The Morgan fingerprint density at radius 3 is 1.39 bits per heavy atom. The molecule has 2 N–H and O–H groups in total. The van der Waals surface area contributed by atoms with Crippen LogP contribution < -0.4 is 0 Å². The van der Waals surface area contributed by atoms with Crippen molar-refractivity contribution in [2.45, 2.75) is 65.1 Å². The molecule has 0 saturated carbocycles. The minimum Gasteiger partial charge on any atom is -0.390 e. The van der Waals surface area contributed by atoms with Gasteiger partial charge in [-0.2, -0.15) is 0 Å². The molecule has 0 aromatic carbocycles. The number of rotatable bonds is 8. The van der Waals surface area contributed by atoms with Crippen molar-refractivity contribution in [2.75, 3.05) is 0 Å². The molecule has 0 aromatic heterocycles. The molecule has 0 amide bonds. The number of hydrogen-bond donors (Lipinski definition) is 2. The van der Waals surface area contributed by atoms with E-state index in [-0.39, 0.29) is 24.7 Å². The van der Waals surface area contributed by atoms with Gasteiger partial charge in [0.05, 0.1) is 12.2 Å². The van der Waals surface area contributed by atoms with Gasteiger partial charge in [-0.3, -0.25) is 4.79 Å². The number of Topliss-reactive ketones (excluding diaryl/α,β-unsaturated/α-hetero) is 1. The Bertz CT molecular complexity index is 233. The summed E-state index contributed by atoms with van der Waals surface area (Å²) in [5.74, 6) is -1.30. The molecule has 18 heavy (non-hydrogen) atoms. The van der Waals surface area contributed by atoms with Gasteiger partial charge in [0, 0.05) is 12.8 Å². The van der Waals surface area contributed by atoms with Crippen LogP contribution in [0.3, 0.4) is 0 Å². The van der Waals surface area contributed by atoms with Crippen molar-refractivity contribution in [1.82, 2.24) is 0 Å². The van der Waals surface area contributed by atoms with Crippen LogP contribution >= 0.6 is 0 Å². The van der Waals surface area contributed by atoms with E-state index in [1.807, 2.05) is 0 Å².